The number of ether oxygens (including phenoxy) is 2. The first-order chi connectivity index (χ1) is 20.4. The minimum absolute atomic E-state index is 0.0467. The predicted octanol–water partition coefficient (Wildman–Crippen LogP) is 4.78. The molecule has 5 rings (SSSR count). The number of halogens is 3. The topological polar surface area (TPSA) is 122 Å². The number of nitrogens with zero attached hydrogens (tertiary/aromatic N) is 1. The number of aliphatic hydroxyl groups is 1. The lowest BCUT2D eigenvalue weighted by molar-refractivity contribution is -0.122. The van der Waals surface area contributed by atoms with Crippen molar-refractivity contribution in [2.24, 2.45) is 5.41 Å². The van der Waals surface area contributed by atoms with Gasteiger partial charge in [-0.25, -0.2) is 8.78 Å². The molecule has 9 nitrogen and oxygen atoms in total. The molecule has 0 aliphatic carbocycles. The number of anilines is 2. The second kappa shape index (κ2) is 11.7. The third-order valence-corrected chi connectivity index (χ3v) is 8.12. The molecule has 4 unspecified atom stereocenters. The number of carbonyl (C=O) groups excluding carboxylic acids is 2. The maximum Gasteiger partial charge on any atom is 0.242 e. The van der Waals surface area contributed by atoms with Crippen molar-refractivity contribution in [1.29, 1.82) is 0 Å². The molecule has 0 saturated carbocycles. The molecule has 12 heteroatoms. The molecule has 2 amide bonds. The first-order valence-corrected chi connectivity index (χ1v) is 14.2. The van der Waals surface area contributed by atoms with Crippen molar-refractivity contribution in [2.45, 2.75) is 50.6 Å². The summed E-state index contributed by atoms with van der Waals surface area (Å²) in [6.07, 6.45) is 1.40. The number of amides is 2. The van der Waals surface area contributed by atoms with E-state index in [4.69, 9.17) is 26.2 Å². The molecule has 1 aromatic heterocycles. The van der Waals surface area contributed by atoms with Crippen LogP contribution in [0.25, 0.3) is 0 Å². The number of benzene rings is 2. The van der Waals surface area contributed by atoms with E-state index in [9.17, 15) is 14.0 Å². The van der Waals surface area contributed by atoms with Gasteiger partial charge in [0, 0.05) is 24.1 Å². The van der Waals surface area contributed by atoms with Gasteiger partial charge in [0.1, 0.15) is 35.2 Å². The van der Waals surface area contributed by atoms with Crippen molar-refractivity contribution < 1.29 is 33.0 Å². The molecule has 1 fully saturated rings. The van der Waals surface area contributed by atoms with Crippen LogP contribution in [0.5, 0.6) is 11.5 Å². The first-order valence-electron chi connectivity index (χ1n) is 13.8. The molecular weight excluding hydrogens is 582 g/mol. The SMILES string of the molecule is COc1cc(OCCO)ccc1NC(=O)C1NC(CC(C)(C)C)C2(C(=O)Nc3cc(F)cnc32)C1c1cccc(Cl)c1F. The molecule has 0 bridgehead atoms. The number of aliphatic hydroxyl groups excluding tert-OH is 1. The van der Waals surface area contributed by atoms with Crippen molar-refractivity contribution in [1.82, 2.24) is 10.3 Å². The maximum atomic E-state index is 15.9. The molecule has 4 atom stereocenters. The summed E-state index contributed by atoms with van der Waals surface area (Å²) < 4.78 is 41.1. The van der Waals surface area contributed by atoms with Gasteiger partial charge in [0.2, 0.25) is 11.8 Å². The molecule has 1 saturated heterocycles. The minimum Gasteiger partial charge on any atom is -0.494 e. The van der Waals surface area contributed by atoms with Gasteiger partial charge in [-0.3, -0.25) is 14.6 Å². The Labute approximate surface area is 252 Å². The van der Waals surface area contributed by atoms with Crippen molar-refractivity contribution in [2.75, 3.05) is 31.0 Å². The Bertz CT molecular complexity index is 1570. The summed E-state index contributed by atoms with van der Waals surface area (Å²) in [5, 5.41) is 17.9. The van der Waals surface area contributed by atoms with Crippen LogP contribution in [-0.2, 0) is 15.0 Å². The maximum absolute atomic E-state index is 15.9. The van der Waals surface area contributed by atoms with Crippen LogP contribution in [-0.4, -0.2) is 54.3 Å². The van der Waals surface area contributed by atoms with E-state index in [0.29, 0.717) is 17.9 Å². The molecule has 1 spiro atoms. The standard InChI is InChI=1S/C31H33ClF2N4O5/c1-30(2,3)14-23-31(27-21(37-29(31)41)12-16(33)15-35-27)24(18-6-5-7-19(32)25(18)34)26(38-23)28(40)36-20-9-8-17(43-11-10-39)13-22(20)42-4/h5-9,12-13,15,23-24,26,38-39H,10-11,14H2,1-4H3,(H,36,40)(H,37,41). The smallest absolute Gasteiger partial charge is 0.242 e. The number of hydrogen-bond donors (Lipinski definition) is 4. The lowest BCUT2D eigenvalue weighted by atomic mass is 9.64. The largest absolute Gasteiger partial charge is 0.494 e. The highest BCUT2D eigenvalue weighted by atomic mass is 35.5. The highest BCUT2D eigenvalue weighted by Gasteiger charge is 2.67. The van der Waals surface area contributed by atoms with Gasteiger partial charge >= 0.3 is 0 Å². The quantitative estimate of drug-likeness (QED) is 0.288. The third kappa shape index (κ3) is 5.52. The molecule has 3 aromatic rings. The van der Waals surface area contributed by atoms with E-state index in [1.54, 1.807) is 24.3 Å². The number of fused-ring (bicyclic) bond motifs is 2. The number of nitrogens with one attached hydrogen (secondary N) is 3. The molecule has 3 heterocycles. The molecule has 228 valence electrons. The fourth-order valence-corrected chi connectivity index (χ4v) is 6.40. The zero-order valence-electron chi connectivity index (χ0n) is 24.1. The molecular formula is C31H33ClF2N4O5. The van der Waals surface area contributed by atoms with E-state index in [-0.39, 0.29) is 46.3 Å². The van der Waals surface area contributed by atoms with Crippen LogP contribution in [0.15, 0.2) is 48.7 Å². The number of methoxy groups -OCH3 is 1. The molecule has 2 aromatic carbocycles. The van der Waals surface area contributed by atoms with Gasteiger partial charge in [-0.15, -0.1) is 0 Å². The van der Waals surface area contributed by atoms with Crippen LogP contribution in [0.4, 0.5) is 20.2 Å². The predicted molar refractivity (Wildman–Crippen MR) is 158 cm³/mol. The lowest BCUT2D eigenvalue weighted by Gasteiger charge is -2.36. The van der Waals surface area contributed by atoms with Crippen LogP contribution in [0.1, 0.15) is 44.4 Å². The Morgan fingerprint density at radius 2 is 1.98 bits per heavy atom. The number of pyridine rings is 1. The molecule has 43 heavy (non-hydrogen) atoms. The molecule has 2 aliphatic heterocycles. The Balaban J connectivity index is 1.66. The van der Waals surface area contributed by atoms with Crippen LogP contribution < -0.4 is 25.4 Å². The van der Waals surface area contributed by atoms with Crippen molar-refractivity contribution in [3.8, 4) is 11.5 Å². The van der Waals surface area contributed by atoms with Gasteiger partial charge < -0.3 is 30.5 Å². The highest BCUT2D eigenvalue weighted by molar-refractivity contribution is 6.30. The average molecular weight is 615 g/mol. The van der Waals surface area contributed by atoms with Crippen LogP contribution >= 0.6 is 11.6 Å². The highest BCUT2D eigenvalue weighted by Crippen LogP contribution is 2.56. The number of carbonyl (C=O) groups is 2. The number of hydrogen-bond acceptors (Lipinski definition) is 7. The number of rotatable bonds is 8. The van der Waals surface area contributed by atoms with Gasteiger partial charge in [-0.1, -0.05) is 44.5 Å². The summed E-state index contributed by atoms with van der Waals surface area (Å²) in [5.74, 6) is -2.92. The summed E-state index contributed by atoms with van der Waals surface area (Å²) in [6.45, 7) is 5.86. The second-order valence-electron chi connectivity index (χ2n) is 11.9. The fourth-order valence-electron chi connectivity index (χ4n) is 6.22. The monoisotopic (exact) mass is 614 g/mol. The Kier molecular flexibility index (Phi) is 8.34. The molecule has 0 radical (unpaired) electrons. The van der Waals surface area contributed by atoms with E-state index < -0.39 is 46.9 Å². The zero-order chi connectivity index (χ0) is 31.1. The Hall–Kier alpha value is -3.80. The summed E-state index contributed by atoms with van der Waals surface area (Å²) in [7, 11) is 1.43. The summed E-state index contributed by atoms with van der Waals surface area (Å²) >= 11 is 6.23. The van der Waals surface area contributed by atoms with Crippen LogP contribution in [0.2, 0.25) is 5.02 Å². The molecule has 4 N–H and O–H groups in total. The van der Waals surface area contributed by atoms with Gasteiger partial charge in [0.25, 0.3) is 0 Å². The Morgan fingerprint density at radius 1 is 1.21 bits per heavy atom. The third-order valence-electron chi connectivity index (χ3n) is 7.83. The van der Waals surface area contributed by atoms with Gasteiger partial charge in [-0.05, 0) is 35.6 Å². The lowest BCUT2D eigenvalue weighted by Crippen LogP contribution is -2.50. The van der Waals surface area contributed by atoms with E-state index in [1.165, 1.54) is 25.3 Å². The molecule has 2 aliphatic rings. The minimum atomic E-state index is -1.59. The van der Waals surface area contributed by atoms with E-state index >= 15 is 4.39 Å². The number of aromatic nitrogens is 1. The van der Waals surface area contributed by atoms with Crippen LogP contribution in [0.3, 0.4) is 0 Å². The van der Waals surface area contributed by atoms with Gasteiger partial charge in [0.15, 0.2) is 0 Å². The van der Waals surface area contributed by atoms with E-state index in [1.807, 2.05) is 20.8 Å². The summed E-state index contributed by atoms with van der Waals surface area (Å²) in [5.41, 5.74) is -1.19. The van der Waals surface area contributed by atoms with Crippen molar-refractivity contribution in [3.05, 3.63) is 76.6 Å². The van der Waals surface area contributed by atoms with Crippen molar-refractivity contribution >= 4 is 34.8 Å². The average Bonchev–Trinajstić information content (AvgIpc) is 3.42. The zero-order valence-corrected chi connectivity index (χ0v) is 24.9. The Morgan fingerprint density at radius 3 is 2.67 bits per heavy atom. The van der Waals surface area contributed by atoms with E-state index in [0.717, 1.165) is 6.20 Å². The normalized spacial score (nSPS) is 22.8. The van der Waals surface area contributed by atoms with Gasteiger partial charge in [0.05, 0.1) is 48.0 Å². The van der Waals surface area contributed by atoms with Crippen LogP contribution in [0, 0.1) is 17.0 Å². The fraction of sp³-hybridized carbons (Fsp3) is 0.387. The van der Waals surface area contributed by atoms with Gasteiger partial charge in [-0.2, -0.15) is 0 Å². The summed E-state index contributed by atoms with van der Waals surface area (Å²) in [6, 6.07) is 8.50. The summed E-state index contributed by atoms with van der Waals surface area (Å²) in [4.78, 5) is 32.7. The second-order valence-corrected chi connectivity index (χ2v) is 12.3. The van der Waals surface area contributed by atoms with E-state index in [2.05, 4.69) is 20.9 Å². The first kappa shape index (κ1) is 30.7. The van der Waals surface area contributed by atoms with Crippen molar-refractivity contribution in [3.63, 3.8) is 0 Å².